The van der Waals surface area contributed by atoms with Gasteiger partial charge < -0.3 is 18.8 Å². The molecule has 0 unspecified atom stereocenters. The Hall–Kier alpha value is -2.76. The van der Waals surface area contributed by atoms with E-state index in [0.29, 0.717) is 11.5 Å². The highest BCUT2D eigenvalue weighted by atomic mass is 16.7. The zero-order valence-electron chi connectivity index (χ0n) is 19.4. The third-order valence-electron chi connectivity index (χ3n) is 7.59. The molecule has 1 aliphatic carbocycles. The van der Waals surface area contributed by atoms with Gasteiger partial charge in [0.15, 0.2) is 23.0 Å². The van der Waals surface area contributed by atoms with Crippen LogP contribution in [0.5, 0.6) is 23.0 Å². The van der Waals surface area contributed by atoms with E-state index in [1.54, 1.807) is 0 Å². The highest BCUT2D eigenvalue weighted by molar-refractivity contribution is 6.62. The second-order valence-electron chi connectivity index (χ2n) is 10.5. The summed E-state index contributed by atoms with van der Waals surface area (Å²) >= 11 is 0. The van der Waals surface area contributed by atoms with Crippen molar-refractivity contribution in [2.75, 3.05) is 0 Å². The monoisotopic (exact) mass is 426 g/mol. The number of fused-ring (bicyclic) bond motifs is 6. The van der Waals surface area contributed by atoms with Gasteiger partial charge in [-0.2, -0.15) is 0 Å². The van der Waals surface area contributed by atoms with Crippen LogP contribution in [0, 0.1) is 0 Å². The number of hydrogen-bond acceptors (Lipinski definition) is 4. The van der Waals surface area contributed by atoms with E-state index in [4.69, 9.17) is 18.8 Å². The van der Waals surface area contributed by atoms with E-state index < -0.39 is 18.3 Å². The maximum Gasteiger partial charge on any atom is 0.494 e. The van der Waals surface area contributed by atoms with Crippen molar-refractivity contribution in [2.24, 2.45) is 0 Å². The molecule has 6 rings (SSSR count). The zero-order chi connectivity index (χ0) is 22.5. The molecule has 32 heavy (non-hydrogen) atoms. The van der Waals surface area contributed by atoms with Gasteiger partial charge in [-0.3, -0.25) is 0 Å². The number of rotatable bonds is 1. The van der Waals surface area contributed by atoms with Gasteiger partial charge in [0.2, 0.25) is 0 Å². The SMILES string of the molecule is CC1(C)c2ccccc2-c2c1ccc1c2Oc2ccc(B3OC(C)(C)C(C)(C)O3)cc2O1. The smallest absolute Gasteiger partial charge is 0.450 e. The quantitative estimate of drug-likeness (QED) is 0.340. The molecule has 2 aliphatic heterocycles. The molecule has 2 heterocycles. The van der Waals surface area contributed by atoms with Gasteiger partial charge in [0.05, 0.1) is 11.2 Å². The van der Waals surface area contributed by atoms with Crippen molar-refractivity contribution in [3.05, 3.63) is 65.7 Å². The van der Waals surface area contributed by atoms with Gasteiger partial charge >= 0.3 is 7.12 Å². The number of hydrogen-bond donors (Lipinski definition) is 0. The van der Waals surface area contributed by atoms with E-state index in [9.17, 15) is 0 Å². The van der Waals surface area contributed by atoms with Gasteiger partial charge in [0, 0.05) is 11.0 Å². The fraction of sp³-hybridized carbons (Fsp3) is 0.333. The van der Waals surface area contributed by atoms with E-state index >= 15 is 0 Å². The molecule has 162 valence electrons. The predicted molar refractivity (Wildman–Crippen MR) is 126 cm³/mol. The molecular weight excluding hydrogens is 399 g/mol. The minimum Gasteiger partial charge on any atom is -0.450 e. The summed E-state index contributed by atoms with van der Waals surface area (Å²) in [5, 5.41) is 0. The van der Waals surface area contributed by atoms with Crippen molar-refractivity contribution >= 4 is 12.6 Å². The summed E-state index contributed by atoms with van der Waals surface area (Å²) in [4.78, 5) is 0. The molecule has 1 saturated heterocycles. The van der Waals surface area contributed by atoms with Crippen molar-refractivity contribution in [3.8, 4) is 34.1 Å². The van der Waals surface area contributed by atoms with Crippen LogP contribution in [0.15, 0.2) is 54.6 Å². The maximum atomic E-state index is 6.46. The van der Waals surface area contributed by atoms with Crippen LogP contribution in [-0.4, -0.2) is 18.3 Å². The van der Waals surface area contributed by atoms with Crippen LogP contribution in [0.25, 0.3) is 11.1 Å². The molecular formula is C27H27BO4. The van der Waals surface area contributed by atoms with Crippen LogP contribution in [0.2, 0.25) is 0 Å². The summed E-state index contributed by atoms with van der Waals surface area (Å²) in [5.74, 6) is 2.90. The van der Waals surface area contributed by atoms with Crippen molar-refractivity contribution in [3.63, 3.8) is 0 Å². The second-order valence-corrected chi connectivity index (χ2v) is 10.5. The summed E-state index contributed by atoms with van der Waals surface area (Å²) in [6.45, 7) is 12.8. The third-order valence-corrected chi connectivity index (χ3v) is 7.59. The molecule has 3 aromatic rings. The average Bonchev–Trinajstić information content (AvgIpc) is 3.12. The Balaban J connectivity index is 1.40. The normalized spacial score (nSPS) is 20.5. The fourth-order valence-corrected chi connectivity index (χ4v) is 4.97. The molecule has 4 nitrogen and oxygen atoms in total. The molecule has 5 heteroatoms. The Morgan fingerprint density at radius 1 is 0.656 bits per heavy atom. The minimum atomic E-state index is -0.442. The van der Waals surface area contributed by atoms with Gasteiger partial charge in [-0.1, -0.05) is 50.2 Å². The molecule has 0 spiro atoms. The molecule has 0 amide bonds. The largest absolute Gasteiger partial charge is 0.494 e. The molecule has 0 radical (unpaired) electrons. The highest BCUT2D eigenvalue weighted by Crippen LogP contribution is 2.58. The van der Waals surface area contributed by atoms with E-state index in [1.165, 1.54) is 16.7 Å². The first-order valence-corrected chi connectivity index (χ1v) is 11.2. The lowest BCUT2D eigenvalue weighted by molar-refractivity contribution is 0.00578. The zero-order valence-corrected chi connectivity index (χ0v) is 19.4. The van der Waals surface area contributed by atoms with Crippen molar-refractivity contribution in [1.29, 1.82) is 0 Å². The lowest BCUT2D eigenvalue weighted by Crippen LogP contribution is -2.41. The summed E-state index contributed by atoms with van der Waals surface area (Å²) < 4.78 is 25.2. The molecule has 0 aromatic heterocycles. The molecule has 0 N–H and O–H groups in total. The van der Waals surface area contributed by atoms with Crippen LogP contribution >= 0.6 is 0 Å². The van der Waals surface area contributed by atoms with E-state index in [0.717, 1.165) is 22.5 Å². The molecule has 0 bridgehead atoms. The van der Waals surface area contributed by atoms with Crippen molar-refractivity contribution in [1.82, 2.24) is 0 Å². The van der Waals surface area contributed by atoms with Crippen LogP contribution < -0.4 is 14.9 Å². The Labute approximate surface area is 189 Å². The molecule has 1 fully saturated rings. The third kappa shape index (κ3) is 2.58. The van der Waals surface area contributed by atoms with Crippen LogP contribution in [-0.2, 0) is 14.7 Å². The van der Waals surface area contributed by atoms with Crippen molar-refractivity contribution in [2.45, 2.75) is 58.2 Å². The van der Waals surface area contributed by atoms with Gasteiger partial charge in [-0.15, -0.1) is 0 Å². The first kappa shape index (κ1) is 19.9. The molecule has 0 saturated carbocycles. The Morgan fingerprint density at radius 2 is 1.34 bits per heavy atom. The van der Waals surface area contributed by atoms with Gasteiger partial charge in [0.1, 0.15) is 0 Å². The van der Waals surface area contributed by atoms with Crippen LogP contribution in [0.4, 0.5) is 0 Å². The predicted octanol–water partition coefficient (Wildman–Crippen LogP) is 6.19. The fourth-order valence-electron chi connectivity index (χ4n) is 4.97. The summed E-state index contributed by atoms with van der Waals surface area (Å²) in [5.41, 5.74) is 4.98. The number of ether oxygens (including phenoxy) is 2. The lowest BCUT2D eigenvalue weighted by Gasteiger charge is -2.32. The van der Waals surface area contributed by atoms with Crippen molar-refractivity contribution < 1.29 is 18.8 Å². The first-order chi connectivity index (χ1) is 15.1. The molecule has 3 aromatic carbocycles. The summed E-state index contributed by atoms with van der Waals surface area (Å²) in [7, 11) is -0.442. The highest BCUT2D eigenvalue weighted by Gasteiger charge is 2.52. The second kappa shape index (κ2) is 6.18. The van der Waals surface area contributed by atoms with E-state index in [-0.39, 0.29) is 5.41 Å². The summed E-state index contributed by atoms with van der Waals surface area (Å²) in [6, 6.07) is 18.7. The Bertz CT molecular complexity index is 1260. The first-order valence-electron chi connectivity index (χ1n) is 11.2. The van der Waals surface area contributed by atoms with Gasteiger partial charge in [-0.25, -0.2) is 0 Å². The standard InChI is InChI=1S/C27H27BO4/c1-25(2)18-10-8-7-9-17(18)23-19(25)12-14-21-24(23)30-20-13-11-16(15-22(20)29-21)28-31-26(3,4)27(5,6)32-28/h7-15H,1-6H3. The van der Waals surface area contributed by atoms with Gasteiger partial charge in [0.25, 0.3) is 0 Å². The topological polar surface area (TPSA) is 36.9 Å². The molecule has 0 atom stereocenters. The Kier molecular flexibility index (Phi) is 3.84. The minimum absolute atomic E-state index is 0.0782. The maximum absolute atomic E-state index is 6.46. The number of benzene rings is 3. The summed E-state index contributed by atoms with van der Waals surface area (Å²) in [6.07, 6.45) is 0. The van der Waals surface area contributed by atoms with E-state index in [2.05, 4.69) is 71.9 Å². The lowest BCUT2D eigenvalue weighted by atomic mass is 9.79. The van der Waals surface area contributed by atoms with E-state index in [1.807, 2.05) is 24.3 Å². The van der Waals surface area contributed by atoms with Gasteiger partial charge in [-0.05, 0) is 68.0 Å². The van der Waals surface area contributed by atoms with Crippen LogP contribution in [0.1, 0.15) is 52.7 Å². The Morgan fingerprint density at radius 3 is 2.09 bits per heavy atom. The van der Waals surface area contributed by atoms with Crippen LogP contribution in [0.3, 0.4) is 0 Å². The average molecular weight is 426 g/mol. The molecule has 3 aliphatic rings.